The normalized spacial score (nSPS) is 12.3. The van der Waals surface area contributed by atoms with Gasteiger partial charge in [0, 0.05) is 18.6 Å². The van der Waals surface area contributed by atoms with Gasteiger partial charge in [0.25, 0.3) is 0 Å². The van der Waals surface area contributed by atoms with Crippen LogP contribution in [0.3, 0.4) is 0 Å². The van der Waals surface area contributed by atoms with E-state index in [0.29, 0.717) is 0 Å². The Morgan fingerprint density at radius 1 is 1.04 bits per heavy atom. The van der Waals surface area contributed by atoms with Gasteiger partial charge in [-0.3, -0.25) is 4.18 Å². The molecule has 0 aliphatic rings. The van der Waals surface area contributed by atoms with Gasteiger partial charge in [-0.15, -0.1) is 0 Å². The number of hydrogen-bond acceptors (Lipinski definition) is 4. The first-order valence-electron chi connectivity index (χ1n) is 8.47. The Hall–Kier alpha value is -0.980. The molecule has 0 radical (unpaired) electrons. The molecule has 0 aromatic carbocycles. The topological polar surface area (TPSA) is 70.3 Å². The molecule has 0 amide bonds. The number of unbranched alkanes of at least 4 members (excludes halogenated alkanes) is 2. The smallest absolute Gasteiger partial charge is 0.217 e. The molecule has 1 rings (SSSR count). The maximum absolute atomic E-state index is 10.1. The molecule has 6 heteroatoms. The highest BCUT2D eigenvalue weighted by atomic mass is 32.3. The Labute approximate surface area is 141 Å². The minimum absolute atomic E-state index is 0.0301. The number of hydrogen-bond donors (Lipinski definition) is 0. The molecule has 0 aliphatic heterocycles. The molecule has 1 aromatic heterocycles. The average molecular weight is 346 g/mol. The molecular weight excluding hydrogens is 314 g/mol. The number of nitrogens with zero attached hydrogens (tertiary/aromatic N) is 1. The molecule has 0 saturated heterocycles. The van der Waals surface area contributed by atoms with E-state index < -0.39 is 10.4 Å². The zero-order valence-corrected chi connectivity index (χ0v) is 15.4. The Morgan fingerprint density at radius 2 is 1.65 bits per heavy atom. The van der Waals surface area contributed by atoms with Gasteiger partial charge in [-0.05, 0) is 12.3 Å². The van der Waals surface area contributed by atoms with Crippen LogP contribution in [0, 0.1) is 5.92 Å². The summed E-state index contributed by atoms with van der Waals surface area (Å²) in [5.41, 5.74) is 0. The fraction of sp³-hybridized carbons (Fsp3) is 0.706. The van der Waals surface area contributed by atoms with E-state index in [1.807, 2.05) is 13.0 Å². The third-order valence-corrected chi connectivity index (χ3v) is 3.96. The largest absolute Gasteiger partial charge is 0.726 e. The number of aromatic nitrogens is 1. The molecular formula is C17H31NO4S. The lowest BCUT2D eigenvalue weighted by Crippen LogP contribution is -2.31. The second-order valence-corrected chi connectivity index (χ2v) is 6.63. The lowest BCUT2D eigenvalue weighted by Gasteiger charge is -2.15. The van der Waals surface area contributed by atoms with Gasteiger partial charge in [-0.2, -0.15) is 0 Å². The van der Waals surface area contributed by atoms with Crippen LogP contribution in [0.5, 0.6) is 0 Å². The first kappa shape index (κ1) is 22.0. The summed E-state index contributed by atoms with van der Waals surface area (Å²) in [4.78, 5) is 0. The molecule has 0 N–H and O–H groups in total. The fourth-order valence-electron chi connectivity index (χ4n) is 2.00. The standard InChI is InChI=1S/C9H14N.C8H18O4S/c1-2-3-7-10-8-5-4-6-9-10;1-3-5-6-8(4-2)7-12-13(9,10)11/h4-6,8-9H,2-3,7H2,1H3;8H,3-7H2,1-2H3,(H,9,10,11)/q+1;/p-1. The third kappa shape index (κ3) is 14.3. The molecule has 23 heavy (non-hydrogen) atoms. The highest BCUT2D eigenvalue weighted by Crippen LogP contribution is 2.13. The Kier molecular flexibility index (Phi) is 12.9. The molecule has 5 nitrogen and oxygen atoms in total. The van der Waals surface area contributed by atoms with E-state index in [-0.39, 0.29) is 12.5 Å². The summed E-state index contributed by atoms with van der Waals surface area (Å²) in [5.74, 6) is 0.184. The first-order chi connectivity index (χ1) is 10.9. The van der Waals surface area contributed by atoms with Gasteiger partial charge in [0.1, 0.15) is 6.54 Å². The molecule has 134 valence electrons. The maximum atomic E-state index is 10.1. The van der Waals surface area contributed by atoms with Crippen molar-refractivity contribution in [1.29, 1.82) is 0 Å². The van der Waals surface area contributed by atoms with E-state index in [1.54, 1.807) is 0 Å². The highest BCUT2D eigenvalue weighted by molar-refractivity contribution is 7.80. The predicted molar refractivity (Wildman–Crippen MR) is 90.5 cm³/mol. The summed E-state index contributed by atoms with van der Waals surface area (Å²) >= 11 is 0. The number of pyridine rings is 1. The van der Waals surface area contributed by atoms with Crippen LogP contribution in [0.1, 0.15) is 59.3 Å². The van der Waals surface area contributed by atoms with E-state index in [1.165, 1.54) is 12.8 Å². The van der Waals surface area contributed by atoms with Crippen molar-refractivity contribution in [2.75, 3.05) is 6.61 Å². The molecule has 1 aromatic rings. The summed E-state index contributed by atoms with van der Waals surface area (Å²) in [6.07, 6.45) is 10.6. The van der Waals surface area contributed by atoms with Crippen LogP contribution >= 0.6 is 0 Å². The molecule has 1 heterocycles. The minimum atomic E-state index is -4.50. The molecule has 1 atom stereocenters. The van der Waals surface area contributed by atoms with Crippen molar-refractivity contribution in [1.82, 2.24) is 0 Å². The molecule has 1 unspecified atom stereocenters. The van der Waals surface area contributed by atoms with Gasteiger partial charge in [0.05, 0.1) is 6.61 Å². The van der Waals surface area contributed by atoms with Crippen LogP contribution in [0.15, 0.2) is 30.6 Å². The van der Waals surface area contributed by atoms with Gasteiger partial charge >= 0.3 is 0 Å². The summed E-state index contributed by atoms with van der Waals surface area (Å²) in [6, 6.07) is 6.17. The summed E-state index contributed by atoms with van der Waals surface area (Å²) in [5, 5.41) is 0. The van der Waals surface area contributed by atoms with E-state index in [2.05, 4.69) is 47.1 Å². The van der Waals surface area contributed by atoms with Crippen molar-refractivity contribution >= 4 is 10.4 Å². The van der Waals surface area contributed by atoms with E-state index in [0.717, 1.165) is 32.2 Å². The zero-order chi connectivity index (χ0) is 17.6. The Bertz CT molecular complexity index is 477. The summed E-state index contributed by atoms with van der Waals surface area (Å²) in [6.45, 7) is 7.42. The Balaban J connectivity index is 0.000000433. The van der Waals surface area contributed by atoms with Crippen molar-refractivity contribution in [2.45, 2.75) is 65.8 Å². The van der Waals surface area contributed by atoms with Crippen molar-refractivity contribution in [3.05, 3.63) is 30.6 Å². The molecule has 0 saturated carbocycles. The van der Waals surface area contributed by atoms with Crippen LogP contribution in [0.4, 0.5) is 0 Å². The number of rotatable bonds is 10. The van der Waals surface area contributed by atoms with Crippen molar-refractivity contribution < 1.29 is 21.7 Å². The van der Waals surface area contributed by atoms with Crippen LogP contribution in [-0.2, 0) is 21.1 Å². The van der Waals surface area contributed by atoms with Crippen LogP contribution in [-0.4, -0.2) is 19.6 Å². The third-order valence-electron chi connectivity index (χ3n) is 3.54. The van der Waals surface area contributed by atoms with E-state index >= 15 is 0 Å². The van der Waals surface area contributed by atoms with E-state index in [9.17, 15) is 13.0 Å². The van der Waals surface area contributed by atoms with Gasteiger partial charge < -0.3 is 4.55 Å². The van der Waals surface area contributed by atoms with Crippen LogP contribution in [0.2, 0.25) is 0 Å². The van der Waals surface area contributed by atoms with E-state index in [4.69, 9.17) is 0 Å². The fourth-order valence-corrected chi connectivity index (χ4v) is 2.36. The van der Waals surface area contributed by atoms with Gasteiger partial charge in [-0.25, -0.2) is 13.0 Å². The highest BCUT2D eigenvalue weighted by Gasteiger charge is 2.07. The monoisotopic (exact) mass is 345 g/mol. The number of aryl methyl sites for hydroxylation is 1. The average Bonchev–Trinajstić information content (AvgIpc) is 2.54. The minimum Gasteiger partial charge on any atom is -0.726 e. The second kappa shape index (κ2) is 13.5. The van der Waals surface area contributed by atoms with Crippen LogP contribution < -0.4 is 4.57 Å². The van der Waals surface area contributed by atoms with Crippen LogP contribution in [0.25, 0.3) is 0 Å². The lowest BCUT2D eigenvalue weighted by molar-refractivity contribution is -0.697. The lowest BCUT2D eigenvalue weighted by atomic mass is 10.0. The summed E-state index contributed by atoms with van der Waals surface area (Å²) < 4.78 is 36.9. The molecule has 0 aliphatic carbocycles. The SMILES string of the molecule is CCCCC(CC)COS(=O)(=O)[O-].CCCC[n+]1ccccc1. The maximum Gasteiger partial charge on any atom is 0.217 e. The molecule has 0 spiro atoms. The predicted octanol–water partition coefficient (Wildman–Crippen LogP) is 3.45. The van der Waals surface area contributed by atoms with Gasteiger partial charge in [-0.1, -0.05) is 52.5 Å². The van der Waals surface area contributed by atoms with Crippen molar-refractivity contribution in [2.24, 2.45) is 5.92 Å². The summed E-state index contributed by atoms with van der Waals surface area (Å²) in [7, 11) is -4.50. The van der Waals surface area contributed by atoms with Crippen molar-refractivity contribution in [3.8, 4) is 0 Å². The van der Waals surface area contributed by atoms with Gasteiger partial charge in [0.2, 0.25) is 10.4 Å². The Morgan fingerprint density at radius 3 is 2.13 bits per heavy atom. The van der Waals surface area contributed by atoms with Crippen molar-refractivity contribution in [3.63, 3.8) is 0 Å². The quantitative estimate of drug-likeness (QED) is 0.370. The molecule has 0 bridgehead atoms. The second-order valence-electron chi connectivity index (χ2n) is 5.58. The van der Waals surface area contributed by atoms with Gasteiger partial charge in [0.15, 0.2) is 12.4 Å². The zero-order valence-electron chi connectivity index (χ0n) is 14.6. The molecule has 0 fully saturated rings. The first-order valence-corrected chi connectivity index (χ1v) is 9.80.